The third-order valence-electron chi connectivity index (χ3n) is 2.51. The molecule has 3 nitrogen and oxygen atoms in total. The van der Waals surface area contributed by atoms with Crippen LogP contribution in [-0.2, 0) is 16.1 Å². The highest BCUT2D eigenvalue weighted by molar-refractivity contribution is 6.30. The summed E-state index contributed by atoms with van der Waals surface area (Å²) >= 11 is 5.83. The fraction of sp³-hybridized carbons (Fsp3) is 0.500. The number of ether oxygens (including phenoxy) is 1. The van der Waals surface area contributed by atoms with Crippen molar-refractivity contribution in [2.24, 2.45) is 0 Å². The summed E-state index contributed by atoms with van der Waals surface area (Å²) in [6, 6.07) is 7.82. The Hall–Kier alpha value is -0.610. The molecule has 1 atom stereocenters. The van der Waals surface area contributed by atoms with Gasteiger partial charge in [0.1, 0.15) is 0 Å². The van der Waals surface area contributed by atoms with Crippen LogP contribution in [0, 0.1) is 0 Å². The lowest BCUT2D eigenvalue weighted by atomic mass is 10.2. The Balaban J connectivity index is 1.84. The predicted octanol–water partition coefficient (Wildman–Crippen LogP) is 2.84. The van der Waals surface area contributed by atoms with Crippen LogP contribution in [0.25, 0.3) is 0 Å². The Kier molecular flexibility index (Phi) is 4.18. The summed E-state index contributed by atoms with van der Waals surface area (Å²) in [6.07, 6.45) is 0.860. The van der Waals surface area contributed by atoms with Gasteiger partial charge in [-0.3, -0.25) is 4.84 Å². The van der Waals surface area contributed by atoms with Crippen LogP contribution >= 0.6 is 11.6 Å². The molecule has 0 aliphatic carbocycles. The predicted molar refractivity (Wildman–Crippen MR) is 63.0 cm³/mol. The molecule has 1 unspecified atom stereocenters. The van der Waals surface area contributed by atoms with Gasteiger partial charge in [0.25, 0.3) is 0 Å². The van der Waals surface area contributed by atoms with Gasteiger partial charge < -0.3 is 4.74 Å². The highest BCUT2D eigenvalue weighted by atomic mass is 35.5. The first-order chi connectivity index (χ1) is 7.78. The molecule has 0 aromatic heterocycles. The summed E-state index contributed by atoms with van der Waals surface area (Å²) in [4.78, 5) is 5.61. The standard InChI is InChI=1S/C12H16ClNO2/c1-2-15-12-7-8-14(16-12)9-10-3-5-11(13)6-4-10/h3-6,12H,2,7-9H2,1H3. The maximum Gasteiger partial charge on any atom is 0.178 e. The minimum absolute atomic E-state index is 0.0719. The van der Waals surface area contributed by atoms with E-state index in [2.05, 4.69) is 0 Å². The van der Waals surface area contributed by atoms with Crippen LogP contribution in [0.5, 0.6) is 0 Å². The highest BCUT2D eigenvalue weighted by Gasteiger charge is 2.23. The lowest BCUT2D eigenvalue weighted by Crippen LogP contribution is -2.20. The lowest BCUT2D eigenvalue weighted by Gasteiger charge is -2.16. The summed E-state index contributed by atoms with van der Waals surface area (Å²) in [5.74, 6) is 0. The van der Waals surface area contributed by atoms with Gasteiger partial charge in [-0.05, 0) is 24.6 Å². The van der Waals surface area contributed by atoms with E-state index in [4.69, 9.17) is 21.2 Å². The van der Waals surface area contributed by atoms with Crippen molar-refractivity contribution in [1.82, 2.24) is 5.06 Å². The van der Waals surface area contributed by atoms with E-state index in [0.717, 1.165) is 24.5 Å². The highest BCUT2D eigenvalue weighted by Crippen LogP contribution is 2.18. The quantitative estimate of drug-likeness (QED) is 0.809. The second-order valence-electron chi connectivity index (χ2n) is 3.77. The number of hydrogen-bond donors (Lipinski definition) is 0. The van der Waals surface area contributed by atoms with Crippen molar-refractivity contribution in [3.05, 3.63) is 34.9 Å². The number of nitrogens with zero attached hydrogens (tertiary/aromatic N) is 1. The molecular weight excluding hydrogens is 226 g/mol. The average molecular weight is 242 g/mol. The Bertz CT molecular complexity index is 328. The van der Waals surface area contributed by atoms with Crippen LogP contribution in [0.1, 0.15) is 18.9 Å². The van der Waals surface area contributed by atoms with Gasteiger partial charge in [0, 0.05) is 31.1 Å². The maximum atomic E-state index is 5.83. The van der Waals surface area contributed by atoms with E-state index in [9.17, 15) is 0 Å². The summed E-state index contributed by atoms with van der Waals surface area (Å²) in [6.45, 7) is 4.36. The molecule has 1 fully saturated rings. The largest absolute Gasteiger partial charge is 0.351 e. The van der Waals surface area contributed by atoms with Crippen LogP contribution in [0.3, 0.4) is 0 Å². The molecule has 0 N–H and O–H groups in total. The van der Waals surface area contributed by atoms with Gasteiger partial charge in [-0.1, -0.05) is 23.7 Å². The van der Waals surface area contributed by atoms with Gasteiger partial charge in [-0.25, -0.2) is 0 Å². The first-order valence-corrected chi connectivity index (χ1v) is 5.93. The van der Waals surface area contributed by atoms with E-state index in [1.807, 2.05) is 36.3 Å². The van der Waals surface area contributed by atoms with Crippen LogP contribution in [-0.4, -0.2) is 24.5 Å². The average Bonchev–Trinajstić information content (AvgIpc) is 2.70. The van der Waals surface area contributed by atoms with E-state index in [-0.39, 0.29) is 6.29 Å². The van der Waals surface area contributed by atoms with Crippen molar-refractivity contribution in [3.63, 3.8) is 0 Å². The van der Waals surface area contributed by atoms with Crippen LogP contribution in [0.2, 0.25) is 5.02 Å². The third-order valence-corrected chi connectivity index (χ3v) is 2.76. The van der Waals surface area contributed by atoms with E-state index < -0.39 is 0 Å². The van der Waals surface area contributed by atoms with Crippen molar-refractivity contribution in [2.45, 2.75) is 26.2 Å². The molecule has 1 aliphatic heterocycles. The Labute approximate surface area is 101 Å². The first-order valence-electron chi connectivity index (χ1n) is 5.55. The fourth-order valence-corrected chi connectivity index (χ4v) is 1.86. The molecule has 0 spiro atoms. The van der Waals surface area contributed by atoms with Gasteiger partial charge in [0.05, 0.1) is 0 Å². The van der Waals surface area contributed by atoms with Crippen molar-refractivity contribution >= 4 is 11.6 Å². The number of benzene rings is 1. The van der Waals surface area contributed by atoms with Crippen LogP contribution in [0.15, 0.2) is 24.3 Å². The van der Waals surface area contributed by atoms with Gasteiger partial charge in [0.2, 0.25) is 0 Å². The molecule has 1 heterocycles. The number of hydroxylamine groups is 2. The summed E-state index contributed by atoms with van der Waals surface area (Å²) in [5, 5.41) is 2.70. The van der Waals surface area contributed by atoms with Gasteiger partial charge >= 0.3 is 0 Å². The Morgan fingerprint density at radius 3 is 2.88 bits per heavy atom. The number of halogens is 1. The summed E-state index contributed by atoms with van der Waals surface area (Å²) < 4.78 is 5.40. The van der Waals surface area contributed by atoms with Gasteiger partial charge in [-0.2, -0.15) is 5.06 Å². The third kappa shape index (κ3) is 3.19. The molecule has 0 bridgehead atoms. The molecule has 88 valence electrons. The zero-order chi connectivity index (χ0) is 11.4. The van der Waals surface area contributed by atoms with E-state index >= 15 is 0 Å². The smallest absolute Gasteiger partial charge is 0.178 e. The maximum absolute atomic E-state index is 5.83. The van der Waals surface area contributed by atoms with Gasteiger partial charge in [-0.15, -0.1) is 0 Å². The molecule has 1 aliphatic rings. The van der Waals surface area contributed by atoms with Crippen molar-refractivity contribution in [3.8, 4) is 0 Å². The number of rotatable bonds is 4. The molecule has 0 radical (unpaired) electrons. The minimum Gasteiger partial charge on any atom is -0.351 e. The molecule has 16 heavy (non-hydrogen) atoms. The molecule has 0 amide bonds. The van der Waals surface area contributed by atoms with Crippen molar-refractivity contribution < 1.29 is 9.57 Å². The van der Waals surface area contributed by atoms with E-state index in [1.165, 1.54) is 5.56 Å². The Morgan fingerprint density at radius 1 is 1.44 bits per heavy atom. The van der Waals surface area contributed by atoms with Crippen molar-refractivity contribution in [2.75, 3.05) is 13.2 Å². The minimum atomic E-state index is -0.0719. The fourth-order valence-electron chi connectivity index (χ4n) is 1.73. The number of hydrogen-bond acceptors (Lipinski definition) is 3. The molecule has 1 aromatic rings. The first kappa shape index (κ1) is 11.9. The van der Waals surface area contributed by atoms with E-state index in [1.54, 1.807) is 0 Å². The van der Waals surface area contributed by atoms with Crippen LogP contribution in [0.4, 0.5) is 0 Å². The topological polar surface area (TPSA) is 21.7 Å². The summed E-state index contributed by atoms with van der Waals surface area (Å²) in [7, 11) is 0. The normalized spacial score (nSPS) is 21.5. The SMILES string of the molecule is CCOC1CCN(Cc2ccc(Cl)cc2)O1. The Morgan fingerprint density at radius 2 is 2.19 bits per heavy atom. The molecular formula is C12H16ClNO2. The summed E-state index contributed by atoms with van der Waals surface area (Å²) in [5.41, 5.74) is 1.20. The molecule has 1 saturated heterocycles. The van der Waals surface area contributed by atoms with Gasteiger partial charge in [0.15, 0.2) is 6.29 Å². The molecule has 0 saturated carbocycles. The zero-order valence-corrected chi connectivity index (χ0v) is 10.1. The second kappa shape index (κ2) is 5.64. The second-order valence-corrected chi connectivity index (χ2v) is 4.21. The van der Waals surface area contributed by atoms with Crippen LogP contribution < -0.4 is 0 Å². The monoisotopic (exact) mass is 241 g/mol. The molecule has 4 heteroatoms. The van der Waals surface area contributed by atoms with E-state index in [0.29, 0.717) is 6.61 Å². The molecule has 1 aromatic carbocycles. The van der Waals surface area contributed by atoms with Crippen molar-refractivity contribution in [1.29, 1.82) is 0 Å². The molecule has 2 rings (SSSR count). The zero-order valence-electron chi connectivity index (χ0n) is 9.36. The lowest BCUT2D eigenvalue weighted by molar-refractivity contribution is -0.235.